The van der Waals surface area contributed by atoms with Crippen LogP contribution in [0.25, 0.3) is 6.08 Å². The highest BCUT2D eigenvalue weighted by Gasteiger charge is 2.31. The molecule has 1 aliphatic rings. The van der Waals surface area contributed by atoms with Crippen LogP contribution in [-0.4, -0.2) is 37.7 Å². The Balaban J connectivity index is 2.02. The first-order valence-electron chi connectivity index (χ1n) is 5.44. The first-order valence-corrected chi connectivity index (χ1v) is 7.55. The average molecular weight is 314 g/mol. The lowest BCUT2D eigenvalue weighted by molar-refractivity contribution is -0.137. The van der Waals surface area contributed by atoms with Crippen molar-refractivity contribution < 1.29 is 14.7 Å². The number of thiocarbonyl (C=S) groups is 1. The highest BCUT2D eigenvalue weighted by Crippen LogP contribution is 2.32. The number of aliphatic carboxylic acids is 1. The number of rotatable bonds is 5. The molecule has 0 atom stereocenters. The number of hydrogen-bond acceptors (Lipinski definition) is 6. The molecule has 0 spiro atoms. The number of hydrogen-bond donors (Lipinski definition) is 1. The number of carbonyl (C=O) groups is 2. The summed E-state index contributed by atoms with van der Waals surface area (Å²) in [5.41, 5.74) is 0. The van der Waals surface area contributed by atoms with Crippen LogP contribution < -0.4 is 0 Å². The first-order chi connectivity index (χ1) is 9.08. The standard InChI is InChI=1S/C11H10N2O3S3/c14-9(15)2-1-4-13-10(16)7(19-11(13)17)6-8-12-3-5-18-8/h3,5-6H,1-2,4H2,(H,14,15)/b7-6+. The Bertz CT molecular complexity index is 539. The minimum absolute atomic E-state index is 0.0303. The van der Waals surface area contributed by atoms with Gasteiger partial charge in [0.05, 0.1) is 4.91 Å². The summed E-state index contributed by atoms with van der Waals surface area (Å²) >= 11 is 7.80. The molecular weight excluding hydrogens is 304 g/mol. The summed E-state index contributed by atoms with van der Waals surface area (Å²) in [4.78, 5) is 28.6. The van der Waals surface area contributed by atoms with E-state index in [2.05, 4.69) is 4.98 Å². The van der Waals surface area contributed by atoms with Gasteiger partial charge in [0, 0.05) is 24.5 Å². The van der Waals surface area contributed by atoms with E-state index < -0.39 is 5.97 Å². The predicted octanol–water partition coefficient (Wildman–Crippen LogP) is 2.21. The smallest absolute Gasteiger partial charge is 0.303 e. The van der Waals surface area contributed by atoms with Gasteiger partial charge in [-0.15, -0.1) is 11.3 Å². The summed E-state index contributed by atoms with van der Waals surface area (Å²) in [6, 6.07) is 0. The molecule has 1 N–H and O–H groups in total. The van der Waals surface area contributed by atoms with Crippen LogP contribution in [0.2, 0.25) is 0 Å². The van der Waals surface area contributed by atoms with Gasteiger partial charge >= 0.3 is 5.97 Å². The number of thiazole rings is 1. The minimum atomic E-state index is -0.872. The number of aromatic nitrogens is 1. The predicted molar refractivity (Wildman–Crippen MR) is 78.9 cm³/mol. The molecule has 0 unspecified atom stereocenters. The lowest BCUT2D eigenvalue weighted by atomic mass is 10.3. The molecule has 0 aliphatic carbocycles. The molecule has 0 aromatic carbocycles. The summed E-state index contributed by atoms with van der Waals surface area (Å²) in [6.07, 6.45) is 3.81. The second kappa shape index (κ2) is 6.27. The van der Waals surface area contributed by atoms with Gasteiger partial charge in [-0.1, -0.05) is 24.0 Å². The fourth-order valence-electron chi connectivity index (χ4n) is 1.50. The zero-order valence-corrected chi connectivity index (χ0v) is 12.2. The molecule has 1 aromatic heterocycles. The normalized spacial score (nSPS) is 17.5. The second-order valence-electron chi connectivity index (χ2n) is 3.70. The number of amides is 1. The lowest BCUT2D eigenvalue weighted by Gasteiger charge is -2.12. The van der Waals surface area contributed by atoms with Crippen molar-refractivity contribution in [2.24, 2.45) is 0 Å². The van der Waals surface area contributed by atoms with Crippen LogP contribution in [0.4, 0.5) is 0 Å². The molecule has 5 nitrogen and oxygen atoms in total. The summed E-state index contributed by atoms with van der Waals surface area (Å²) in [5.74, 6) is -1.04. The third-order valence-electron chi connectivity index (χ3n) is 2.35. The van der Waals surface area contributed by atoms with Crippen molar-refractivity contribution in [3.8, 4) is 0 Å². The van der Waals surface area contributed by atoms with E-state index in [0.29, 0.717) is 22.2 Å². The number of thioether (sulfide) groups is 1. The molecule has 8 heteroatoms. The molecular formula is C11H10N2O3S3. The van der Waals surface area contributed by atoms with E-state index in [9.17, 15) is 9.59 Å². The molecule has 19 heavy (non-hydrogen) atoms. The molecule has 1 amide bonds. The highest BCUT2D eigenvalue weighted by atomic mass is 32.2. The Hall–Kier alpha value is -1.25. The fourth-order valence-corrected chi connectivity index (χ4v) is 3.43. The van der Waals surface area contributed by atoms with Crippen molar-refractivity contribution in [2.75, 3.05) is 6.54 Å². The Morgan fingerprint density at radius 2 is 2.37 bits per heavy atom. The monoisotopic (exact) mass is 314 g/mol. The van der Waals surface area contributed by atoms with Crippen molar-refractivity contribution in [3.63, 3.8) is 0 Å². The van der Waals surface area contributed by atoms with Crippen LogP contribution in [0.3, 0.4) is 0 Å². The van der Waals surface area contributed by atoms with Crippen molar-refractivity contribution in [1.29, 1.82) is 0 Å². The van der Waals surface area contributed by atoms with Gasteiger partial charge in [-0.25, -0.2) is 4.98 Å². The van der Waals surface area contributed by atoms with Gasteiger partial charge in [0.1, 0.15) is 9.33 Å². The van der Waals surface area contributed by atoms with Crippen molar-refractivity contribution in [3.05, 3.63) is 21.5 Å². The number of carbonyl (C=O) groups excluding carboxylic acids is 1. The van der Waals surface area contributed by atoms with Crippen LogP contribution in [0.15, 0.2) is 16.5 Å². The molecule has 1 aromatic rings. The van der Waals surface area contributed by atoms with E-state index in [1.807, 2.05) is 5.38 Å². The molecule has 1 fully saturated rings. The van der Waals surface area contributed by atoms with Crippen LogP contribution in [-0.2, 0) is 9.59 Å². The van der Waals surface area contributed by atoms with E-state index >= 15 is 0 Å². The molecule has 2 rings (SSSR count). The highest BCUT2D eigenvalue weighted by molar-refractivity contribution is 8.26. The minimum Gasteiger partial charge on any atom is -0.481 e. The number of nitrogens with zero attached hydrogens (tertiary/aromatic N) is 2. The molecule has 0 bridgehead atoms. The summed E-state index contributed by atoms with van der Waals surface area (Å²) in [6.45, 7) is 0.339. The van der Waals surface area contributed by atoms with Gasteiger partial charge in [-0.3, -0.25) is 14.5 Å². The molecule has 0 radical (unpaired) electrons. The van der Waals surface area contributed by atoms with Gasteiger partial charge < -0.3 is 5.11 Å². The van der Waals surface area contributed by atoms with E-state index in [1.54, 1.807) is 12.3 Å². The van der Waals surface area contributed by atoms with Crippen molar-refractivity contribution >= 4 is 57.6 Å². The average Bonchev–Trinajstić information content (AvgIpc) is 2.93. The van der Waals surface area contributed by atoms with E-state index in [4.69, 9.17) is 17.3 Å². The molecule has 2 heterocycles. The molecule has 100 valence electrons. The van der Waals surface area contributed by atoms with Gasteiger partial charge in [0.15, 0.2) is 0 Å². The zero-order valence-electron chi connectivity index (χ0n) is 9.74. The third kappa shape index (κ3) is 3.62. The second-order valence-corrected chi connectivity index (χ2v) is 6.30. The molecule has 1 saturated heterocycles. The topological polar surface area (TPSA) is 70.5 Å². The van der Waals surface area contributed by atoms with Crippen LogP contribution in [0, 0.1) is 0 Å². The summed E-state index contributed by atoms with van der Waals surface area (Å²) in [7, 11) is 0. The summed E-state index contributed by atoms with van der Waals surface area (Å²) in [5, 5.41) is 11.2. The van der Waals surface area contributed by atoms with Crippen molar-refractivity contribution in [1.82, 2.24) is 9.88 Å². The summed E-state index contributed by atoms with van der Waals surface area (Å²) < 4.78 is 0.471. The lowest BCUT2D eigenvalue weighted by Crippen LogP contribution is -2.29. The maximum Gasteiger partial charge on any atom is 0.303 e. The van der Waals surface area contributed by atoms with Crippen molar-refractivity contribution in [2.45, 2.75) is 12.8 Å². The number of carboxylic acids is 1. The Labute approximate surface area is 123 Å². The Morgan fingerprint density at radius 1 is 1.58 bits per heavy atom. The quantitative estimate of drug-likeness (QED) is 0.664. The van der Waals surface area contributed by atoms with Gasteiger partial charge in [0.2, 0.25) is 0 Å². The Kier molecular flexibility index (Phi) is 4.67. The largest absolute Gasteiger partial charge is 0.481 e. The van der Waals surface area contributed by atoms with Crippen LogP contribution in [0.1, 0.15) is 17.8 Å². The van der Waals surface area contributed by atoms with E-state index in [0.717, 1.165) is 5.01 Å². The van der Waals surface area contributed by atoms with Gasteiger partial charge in [-0.2, -0.15) is 0 Å². The van der Waals surface area contributed by atoms with Gasteiger partial charge in [0.25, 0.3) is 5.91 Å². The van der Waals surface area contributed by atoms with Crippen LogP contribution >= 0.6 is 35.3 Å². The SMILES string of the molecule is O=C(O)CCCN1C(=O)/C(=C\c2nccs2)SC1=S. The fraction of sp³-hybridized carbons (Fsp3) is 0.273. The maximum absolute atomic E-state index is 12.1. The first kappa shape index (κ1) is 14.2. The Morgan fingerprint density at radius 3 is 3.00 bits per heavy atom. The third-order valence-corrected chi connectivity index (χ3v) is 4.45. The van der Waals surface area contributed by atoms with E-state index in [1.165, 1.54) is 28.0 Å². The zero-order chi connectivity index (χ0) is 13.8. The van der Waals surface area contributed by atoms with E-state index in [-0.39, 0.29) is 12.3 Å². The maximum atomic E-state index is 12.1. The van der Waals surface area contributed by atoms with Crippen LogP contribution in [0.5, 0.6) is 0 Å². The molecule has 1 aliphatic heterocycles. The van der Waals surface area contributed by atoms with Gasteiger partial charge in [-0.05, 0) is 12.5 Å². The molecule has 0 saturated carbocycles. The number of carboxylic acid groups (broad SMARTS) is 1.